The highest BCUT2D eigenvalue weighted by molar-refractivity contribution is 7.90. The van der Waals surface area contributed by atoms with E-state index in [0.29, 0.717) is 36.2 Å². The molecule has 0 amide bonds. The van der Waals surface area contributed by atoms with E-state index in [1.165, 1.54) is 12.6 Å². The Labute approximate surface area is 117 Å². The summed E-state index contributed by atoms with van der Waals surface area (Å²) in [6.45, 7) is 1.21. The number of fused-ring (bicyclic) bond motifs is 1. The lowest BCUT2D eigenvalue weighted by molar-refractivity contribution is 0.198. The molecule has 0 radical (unpaired) electrons. The van der Waals surface area contributed by atoms with E-state index in [4.69, 9.17) is 0 Å². The van der Waals surface area contributed by atoms with Gasteiger partial charge >= 0.3 is 0 Å². The summed E-state index contributed by atoms with van der Waals surface area (Å²) in [5, 5.41) is 10.3. The van der Waals surface area contributed by atoms with Crippen LogP contribution in [0.3, 0.4) is 0 Å². The second-order valence-corrected chi connectivity index (χ2v) is 7.05. The van der Waals surface area contributed by atoms with Crippen molar-refractivity contribution in [2.75, 3.05) is 24.2 Å². The number of aliphatic hydroxyl groups excluding tert-OH is 1. The Morgan fingerprint density at radius 3 is 2.80 bits per heavy atom. The van der Waals surface area contributed by atoms with Crippen LogP contribution >= 0.6 is 0 Å². The number of sulfone groups is 1. The number of aliphatic hydroxyl groups is 1. The van der Waals surface area contributed by atoms with E-state index in [0.717, 1.165) is 0 Å². The van der Waals surface area contributed by atoms with Gasteiger partial charge in [0.1, 0.15) is 12.1 Å². The van der Waals surface area contributed by atoms with Crippen LogP contribution in [-0.2, 0) is 9.84 Å². The monoisotopic (exact) mass is 293 g/mol. The summed E-state index contributed by atoms with van der Waals surface area (Å²) in [7, 11) is -3.27. The molecule has 0 saturated carbocycles. The highest BCUT2D eigenvalue weighted by atomic mass is 32.2. The van der Waals surface area contributed by atoms with E-state index in [-0.39, 0.29) is 11.0 Å². The molecule has 3 rings (SSSR count). The minimum atomic E-state index is -3.27. The molecule has 106 valence electrons. The second kappa shape index (κ2) is 4.68. The molecule has 7 heteroatoms. The van der Waals surface area contributed by atoms with E-state index in [1.807, 2.05) is 4.90 Å². The average Bonchev–Trinajstić information content (AvgIpc) is 2.83. The number of aromatic nitrogens is 2. The van der Waals surface area contributed by atoms with E-state index in [9.17, 15) is 13.5 Å². The highest BCUT2D eigenvalue weighted by Gasteiger charge is 2.23. The molecule has 1 aliphatic rings. The quantitative estimate of drug-likeness (QED) is 0.873. The normalized spacial score (nSPS) is 19.7. The summed E-state index contributed by atoms with van der Waals surface area (Å²) in [6.07, 6.45) is 2.97. The van der Waals surface area contributed by atoms with Crippen molar-refractivity contribution in [2.45, 2.75) is 17.4 Å². The smallest absolute Gasteiger partial charge is 0.175 e. The number of hydrogen-bond acceptors (Lipinski definition) is 6. The Kier molecular flexibility index (Phi) is 3.10. The summed E-state index contributed by atoms with van der Waals surface area (Å²) in [4.78, 5) is 10.6. The Balaban J connectivity index is 2.17. The van der Waals surface area contributed by atoms with Crippen molar-refractivity contribution in [2.24, 2.45) is 0 Å². The van der Waals surface area contributed by atoms with E-state index in [2.05, 4.69) is 9.97 Å². The molecule has 20 heavy (non-hydrogen) atoms. The third-order valence-electron chi connectivity index (χ3n) is 3.48. The van der Waals surface area contributed by atoms with Crippen molar-refractivity contribution < 1.29 is 13.5 Å². The minimum Gasteiger partial charge on any atom is -0.391 e. The predicted octanol–water partition coefficient (Wildman–Crippen LogP) is 0.604. The van der Waals surface area contributed by atoms with Gasteiger partial charge in [0, 0.05) is 24.7 Å². The van der Waals surface area contributed by atoms with Crippen LogP contribution < -0.4 is 4.90 Å². The molecule has 2 aromatic rings. The summed E-state index contributed by atoms with van der Waals surface area (Å²) in [5.74, 6) is 0.678. The van der Waals surface area contributed by atoms with Crippen LogP contribution in [0.2, 0.25) is 0 Å². The zero-order chi connectivity index (χ0) is 14.3. The van der Waals surface area contributed by atoms with Gasteiger partial charge in [-0.2, -0.15) is 0 Å². The maximum absolute atomic E-state index is 11.7. The lowest BCUT2D eigenvalue weighted by atomic mass is 10.2. The fourth-order valence-corrected chi connectivity index (χ4v) is 3.09. The summed E-state index contributed by atoms with van der Waals surface area (Å²) in [5.41, 5.74) is 0.698. The SMILES string of the molecule is CS(=O)(=O)c1ccc2ncnc(N3CC[C@H](O)C3)c2c1. The number of benzene rings is 1. The van der Waals surface area contributed by atoms with Gasteiger partial charge in [-0.15, -0.1) is 0 Å². The van der Waals surface area contributed by atoms with Crippen molar-refractivity contribution in [3.63, 3.8) is 0 Å². The molecule has 1 N–H and O–H groups in total. The summed E-state index contributed by atoms with van der Waals surface area (Å²) >= 11 is 0. The van der Waals surface area contributed by atoms with Crippen LogP contribution in [0, 0.1) is 0 Å². The van der Waals surface area contributed by atoms with Crippen LogP contribution in [0.4, 0.5) is 5.82 Å². The van der Waals surface area contributed by atoms with Crippen molar-refractivity contribution in [3.05, 3.63) is 24.5 Å². The molecule has 1 aliphatic heterocycles. The van der Waals surface area contributed by atoms with Crippen LogP contribution in [0.15, 0.2) is 29.4 Å². The van der Waals surface area contributed by atoms with Crippen molar-refractivity contribution in [1.29, 1.82) is 0 Å². The lowest BCUT2D eigenvalue weighted by Crippen LogP contribution is -2.22. The maximum atomic E-state index is 11.7. The van der Waals surface area contributed by atoms with Gasteiger partial charge in [-0.05, 0) is 24.6 Å². The van der Waals surface area contributed by atoms with Crippen LogP contribution in [0.1, 0.15) is 6.42 Å². The first-order chi connectivity index (χ1) is 9.45. The zero-order valence-corrected chi connectivity index (χ0v) is 11.8. The summed E-state index contributed by atoms with van der Waals surface area (Å²) in [6, 6.07) is 4.83. The van der Waals surface area contributed by atoms with E-state index < -0.39 is 9.84 Å². The number of rotatable bonds is 2. The first-order valence-electron chi connectivity index (χ1n) is 6.33. The molecule has 1 atom stereocenters. The molecule has 0 aliphatic carbocycles. The molecule has 0 bridgehead atoms. The molecular formula is C13H15N3O3S. The Hall–Kier alpha value is -1.73. The molecule has 6 nitrogen and oxygen atoms in total. The van der Waals surface area contributed by atoms with Gasteiger partial charge < -0.3 is 10.0 Å². The van der Waals surface area contributed by atoms with Gasteiger partial charge in [0.15, 0.2) is 9.84 Å². The lowest BCUT2D eigenvalue weighted by Gasteiger charge is -2.18. The Bertz CT molecular complexity index is 761. The fraction of sp³-hybridized carbons (Fsp3) is 0.385. The molecule has 0 spiro atoms. The van der Waals surface area contributed by atoms with Crippen LogP contribution in [-0.4, -0.2) is 48.9 Å². The largest absolute Gasteiger partial charge is 0.391 e. The zero-order valence-electron chi connectivity index (χ0n) is 11.0. The summed E-state index contributed by atoms with van der Waals surface area (Å²) < 4.78 is 23.3. The van der Waals surface area contributed by atoms with Crippen LogP contribution in [0.25, 0.3) is 10.9 Å². The third-order valence-corrected chi connectivity index (χ3v) is 4.59. The molecule has 1 fully saturated rings. The van der Waals surface area contributed by atoms with Crippen molar-refractivity contribution in [1.82, 2.24) is 9.97 Å². The molecule has 0 unspecified atom stereocenters. The Morgan fingerprint density at radius 2 is 2.15 bits per heavy atom. The van der Waals surface area contributed by atoms with Gasteiger partial charge in [-0.3, -0.25) is 0 Å². The topological polar surface area (TPSA) is 83.4 Å². The van der Waals surface area contributed by atoms with Crippen molar-refractivity contribution in [3.8, 4) is 0 Å². The minimum absolute atomic E-state index is 0.251. The number of β-amino-alcohol motifs (C(OH)–C–C–N with tert-alkyl or cyclic N) is 1. The third kappa shape index (κ3) is 2.34. The van der Waals surface area contributed by atoms with Gasteiger partial charge in [0.2, 0.25) is 0 Å². The van der Waals surface area contributed by atoms with Crippen molar-refractivity contribution >= 4 is 26.6 Å². The predicted molar refractivity (Wildman–Crippen MR) is 75.5 cm³/mol. The number of anilines is 1. The van der Waals surface area contributed by atoms with Gasteiger partial charge in [0.25, 0.3) is 0 Å². The number of nitrogens with zero attached hydrogens (tertiary/aromatic N) is 3. The van der Waals surface area contributed by atoms with Gasteiger partial charge in [-0.1, -0.05) is 0 Å². The molecule has 1 aromatic heterocycles. The average molecular weight is 293 g/mol. The van der Waals surface area contributed by atoms with E-state index >= 15 is 0 Å². The highest BCUT2D eigenvalue weighted by Crippen LogP contribution is 2.28. The Morgan fingerprint density at radius 1 is 1.35 bits per heavy atom. The number of hydrogen-bond donors (Lipinski definition) is 1. The second-order valence-electron chi connectivity index (χ2n) is 5.04. The fourth-order valence-electron chi connectivity index (χ4n) is 2.44. The molecule has 1 saturated heterocycles. The molecule has 1 aromatic carbocycles. The van der Waals surface area contributed by atoms with E-state index in [1.54, 1.807) is 18.2 Å². The first-order valence-corrected chi connectivity index (χ1v) is 8.22. The standard InChI is InChI=1S/C13H15N3O3S/c1-20(18,19)10-2-3-12-11(6-10)13(15-8-14-12)16-5-4-9(17)7-16/h2-3,6,8-9,17H,4-5,7H2,1H3/t9-/m0/s1. The van der Waals surface area contributed by atoms with Crippen LogP contribution in [0.5, 0.6) is 0 Å². The van der Waals surface area contributed by atoms with Gasteiger partial charge in [0.05, 0.1) is 16.5 Å². The molecular weight excluding hydrogens is 278 g/mol. The van der Waals surface area contributed by atoms with Gasteiger partial charge in [-0.25, -0.2) is 18.4 Å². The molecule has 2 heterocycles. The maximum Gasteiger partial charge on any atom is 0.175 e. The first kappa shape index (κ1) is 13.3.